The molecule has 4 atom stereocenters. The molecular weight excluding hydrogens is 272 g/mol. The van der Waals surface area contributed by atoms with Gasteiger partial charge in [-0.1, -0.05) is 6.92 Å². The molecule has 1 aliphatic carbocycles. The molecule has 0 spiro atoms. The van der Waals surface area contributed by atoms with E-state index in [0.29, 0.717) is 12.8 Å². The number of ether oxygens (including phenoxy) is 1. The van der Waals surface area contributed by atoms with Crippen LogP contribution in [0, 0.1) is 5.92 Å². The van der Waals surface area contributed by atoms with Crippen molar-refractivity contribution in [2.45, 2.75) is 76.6 Å². The fraction of sp³-hybridized carbons (Fsp3) is 0.867. The summed E-state index contributed by atoms with van der Waals surface area (Å²) in [5.74, 6) is -1.18. The predicted molar refractivity (Wildman–Crippen MR) is 77.8 cm³/mol. The first-order chi connectivity index (χ1) is 9.63. The Kier molecular flexibility index (Phi) is 3.95. The summed E-state index contributed by atoms with van der Waals surface area (Å²) in [5.41, 5.74) is 4.28. The Morgan fingerprint density at radius 3 is 2.43 bits per heavy atom. The fourth-order valence-electron chi connectivity index (χ4n) is 3.98. The van der Waals surface area contributed by atoms with Gasteiger partial charge in [-0.2, -0.15) is 0 Å². The number of hydrogen-bond donors (Lipinski definition) is 2. The molecule has 3 aliphatic rings. The molecule has 0 aromatic carbocycles. The van der Waals surface area contributed by atoms with Crippen LogP contribution in [-0.2, 0) is 9.53 Å². The largest absolute Gasteiger partial charge is 0.479 e. The van der Waals surface area contributed by atoms with Crippen LogP contribution in [-0.4, -0.2) is 45.3 Å². The van der Waals surface area contributed by atoms with Crippen LogP contribution in [0.5, 0.6) is 0 Å². The first-order valence-electron chi connectivity index (χ1n) is 7.64. The van der Waals surface area contributed by atoms with E-state index in [9.17, 15) is 14.7 Å². The first kappa shape index (κ1) is 16.1. The molecule has 2 heterocycles. The van der Waals surface area contributed by atoms with Crippen molar-refractivity contribution in [3.63, 3.8) is 0 Å². The third-order valence-electron chi connectivity index (χ3n) is 4.78. The molecule has 1 saturated carbocycles. The zero-order chi connectivity index (χ0) is 16.0. The number of hydrogen-bond acceptors (Lipinski definition) is 4. The van der Waals surface area contributed by atoms with Gasteiger partial charge in [0.05, 0.1) is 0 Å². The molecule has 2 bridgehead atoms. The van der Waals surface area contributed by atoms with Crippen LogP contribution in [0.3, 0.4) is 0 Å². The highest BCUT2D eigenvalue weighted by Crippen LogP contribution is 2.48. The molecule has 2 unspecified atom stereocenters. The SMILES string of the molecule is CC[C@@]1(C(=O)O)C2CCC(C[C@@H]2N)N1C(=O)OC(C)(C)C. The molecule has 0 aromatic heterocycles. The maximum absolute atomic E-state index is 12.6. The van der Waals surface area contributed by atoms with Crippen LogP contribution in [0.25, 0.3) is 0 Å². The summed E-state index contributed by atoms with van der Waals surface area (Å²) in [4.78, 5) is 26.1. The van der Waals surface area contributed by atoms with Crippen molar-refractivity contribution in [1.82, 2.24) is 4.90 Å². The molecular formula is C15H26N2O4. The van der Waals surface area contributed by atoms with Gasteiger partial charge in [-0.25, -0.2) is 9.59 Å². The summed E-state index contributed by atoms with van der Waals surface area (Å²) >= 11 is 0. The molecule has 0 radical (unpaired) electrons. The van der Waals surface area contributed by atoms with Crippen molar-refractivity contribution in [3.8, 4) is 0 Å². The highest BCUT2D eigenvalue weighted by atomic mass is 16.6. The van der Waals surface area contributed by atoms with Crippen LogP contribution in [0.4, 0.5) is 4.79 Å². The third-order valence-corrected chi connectivity index (χ3v) is 4.78. The number of nitrogens with zero attached hydrogens (tertiary/aromatic N) is 1. The van der Waals surface area contributed by atoms with E-state index in [4.69, 9.17) is 10.5 Å². The Hall–Kier alpha value is -1.30. The van der Waals surface area contributed by atoms with E-state index in [1.54, 1.807) is 27.7 Å². The lowest BCUT2D eigenvalue weighted by molar-refractivity contribution is -0.171. The molecule has 2 saturated heterocycles. The number of carboxylic acid groups (broad SMARTS) is 1. The second-order valence-corrected chi connectivity index (χ2v) is 7.17. The van der Waals surface area contributed by atoms with Crippen molar-refractivity contribution in [3.05, 3.63) is 0 Å². The topological polar surface area (TPSA) is 92.9 Å². The number of piperidine rings is 2. The molecule has 120 valence electrons. The zero-order valence-corrected chi connectivity index (χ0v) is 13.3. The summed E-state index contributed by atoms with van der Waals surface area (Å²) in [7, 11) is 0. The molecule has 0 aromatic rings. The molecule has 3 N–H and O–H groups in total. The number of nitrogens with two attached hydrogens (primary N) is 1. The van der Waals surface area contributed by atoms with Gasteiger partial charge in [0.1, 0.15) is 11.1 Å². The third kappa shape index (κ3) is 2.50. The number of fused-ring (bicyclic) bond motifs is 3. The average Bonchev–Trinajstić information content (AvgIpc) is 2.35. The fourth-order valence-corrected chi connectivity index (χ4v) is 3.98. The molecule has 2 aliphatic heterocycles. The second-order valence-electron chi connectivity index (χ2n) is 7.17. The molecule has 6 heteroatoms. The minimum atomic E-state index is -1.23. The summed E-state index contributed by atoms with van der Waals surface area (Å²) in [6, 6.07) is -0.311. The Bertz CT molecular complexity index is 445. The average molecular weight is 298 g/mol. The van der Waals surface area contributed by atoms with Gasteiger partial charge >= 0.3 is 12.1 Å². The lowest BCUT2D eigenvalue weighted by atomic mass is 9.63. The minimum absolute atomic E-state index is 0.143. The molecule has 3 rings (SSSR count). The number of rotatable bonds is 2. The van der Waals surface area contributed by atoms with E-state index >= 15 is 0 Å². The summed E-state index contributed by atoms with van der Waals surface area (Å²) < 4.78 is 5.46. The van der Waals surface area contributed by atoms with Gasteiger partial charge in [-0.15, -0.1) is 0 Å². The van der Waals surface area contributed by atoms with E-state index in [1.165, 1.54) is 4.90 Å². The smallest absolute Gasteiger partial charge is 0.411 e. The van der Waals surface area contributed by atoms with Crippen molar-refractivity contribution < 1.29 is 19.4 Å². The van der Waals surface area contributed by atoms with Crippen molar-refractivity contribution in [2.24, 2.45) is 11.7 Å². The van der Waals surface area contributed by atoms with Crippen LogP contribution in [0.2, 0.25) is 0 Å². The van der Waals surface area contributed by atoms with Gasteiger partial charge in [0.25, 0.3) is 0 Å². The summed E-state index contributed by atoms with van der Waals surface area (Å²) in [6.07, 6.45) is 2.01. The van der Waals surface area contributed by atoms with Gasteiger partial charge in [0.15, 0.2) is 0 Å². The van der Waals surface area contributed by atoms with E-state index in [0.717, 1.165) is 12.8 Å². The maximum atomic E-state index is 12.6. The van der Waals surface area contributed by atoms with Gasteiger partial charge < -0.3 is 15.6 Å². The zero-order valence-electron chi connectivity index (χ0n) is 13.3. The maximum Gasteiger partial charge on any atom is 0.411 e. The molecule has 3 fully saturated rings. The number of aliphatic carboxylic acids is 1. The second kappa shape index (κ2) is 5.16. The van der Waals surface area contributed by atoms with Crippen molar-refractivity contribution >= 4 is 12.1 Å². The van der Waals surface area contributed by atoms with Crippen LogP contribution < -0.4 is 5.73 Å². The highest BCUT2D eigenvalue weighted by molar-refractivity contribution is 5.86. The summed E-state index contributed by atoms with van der Waals surface area (Å²) in [6.45, 7) is 7.16. The van der Waals surface area contributed by atoms with Gasteiger partial charge in [0.2, 0.25) is 0 Å². The van der Waals surface area contributed by atoms with Gasteiger partial charge in [0, 0.05) is 18.0 Å². The van der Waals surface area contributed by atoms with Crippen LogP contribution in [0.15, 0.2) is 0 Å². The Morgan fingerprint density at radius 1 is 1.38 bits per heavy atom. The number of carboxylic acids is 1. The summed E-state index contributed by atoms with van der Waals surface area (Å²) in [5, 5.41) is 9.84. The molecule has 1 amide bonds. The number of carbonyl (C=O) groups excluding carboxylic acids is 1. The van der Waals surface area contributed by atoms with Crippen molar-refractivity contribution in [2.75, 3.05) is 0 Å². The normalized spacial score (nSPS) is 35.7. The van der Waals surface area contributed by atoms with E-state index < -0.39 is 23.2 Å². The number of carbonyl (C=O) groups is 2. The van der Waals surface area contributed by atoms with Crippen LogP contribution in [0.1, 0.15) is 53.4 Å². The first-order valence-corrected chi connectivity index (χ1v) is 7.64. The minimum Gasteiger partial charge on any atom is -0.479 e. The van der Waals surface area contributed by atoms with E-state index in [1.807, 2.05) is 0 Å². The monoisotopic (exact) mass is 298 g/mol. The Labute approximate surface area is 125 Å². The highest BCUT2D eigenvalue weighted by Gasteiger charge is 2.62. The Balaban J connectivity index is 2.41. The predicted octanol–water partition coefficient (Wildman–Crippen LogP) is 1.97. The van der Waals surface area contributed by atoms with Gasteiger partial charge in [-0.05, 0) is 46.5 Å². The standard InChI is InChI=1S/C15H26N2O4/c1-5-15(12(18)19)10-7-6-9(8-11(10)16)17(15)13(20)21-14(2,3)4/h9-11H,5-8,16H2,1-4H3,(H,18,19)/t9?,10?,11-,15-/m0/s1. The quantitative estimate of drug-likeness (QED) is 0.813. The molecule has 6 nitrogen and oxygen atoms in total. The van der Waals surface area contributed by atoms with Crippen molar-refractivity contribution in [1.29, 1.82) is 0 Å². The lowest BCUT2D eigenvalue weighted by Crippen LogP contribution is -2.74. The van der Waals surface area contributed by atoms with Gasteiger partial charge in [-0.3, -0.25) is 4.90 Å². The van der Waals surface area contributed by atoms with E-state index in [-0.39, 0.29) is 18.0 Å². The lowest BCUT2D eigenvalue weighted by Gasteiger charge is -2.58. The Morgan fingerprint density at radius 2 is 2.00 bits per heavy atom. The van der Waals surface area contributed by atoms with E-state index in [2.05, 4.69) is 0 Å². The molecule has 21 heavy (non-hydrogen) atoms. The number of amides is 1. The van der Waals surface area contributed by atoms with Crippen LogP contribution >= 0.6 is 0 Å².